The van der Waals surface area contributed by atoms with Crippen molar-refractivity contribution >= 4 is 11.6 Å². The highest BCUT2D eigenvalue weighted by molar-refractivity contribution is 6.30. The fourth-order valence-electron chi connectivity index (χ4n) is 1.96. The van der Waals surface area contributed by atoms with Crippen LogP contribution in [0.4, 0.5) is 0 Å². The van der Waals surface area contributed by atoms with Gasteiger partial charge in [-0.3, -0.25) is 0 Å². The van der Waals surface area contributed by atoms with Gasteiger partial charge < -0.3 is 10.1 Å². The first-order valence-corrected chi connectivity index (χ1v) is 7.88. The highest BCUT2D eigenvalue weighted by Crippen LogP contribution is 2.33. The van der Waals surface area contributed by atoms with E-state index in [1.165, 1.54) is 5.56 Å². The zero-order valence-corrected chi connectivity index (χ0v) is 14.2. The maximum atomic E-state index is 6.09. The highest BCUT2D eigenvalue weighted by Gasteiger charge is 2.19. The maximum Gasteiger partial charge on any atom is 0.123 e. The lowest BCUT2D eigenvalue weighted by molar-refractivity contribution is 0.297. The van der Waals surface area contributed by atoms with E-state index in [4.69, 9.17) is 16.3 Å². The lowest BCUT2D eigenvalue weighted by Crippen LogP contribution is -2.27. The van der Waals surface area contributed by atoms with Crippen LogP contribution in [-0.2, 0) is 5.41 Å². The summed E-state index contributed by atoms with van der Waals surface area (Å²) in [5, 5.41) is 4.24. The Labute approximate surface area is 128 Å². The van der Waals surface area contributed by atoms with Crippen LogP contribution < -0.4 is 10.1 Å². The Balaban J connectivity index is 2.52. The van der Waals surface area contributed by atoms with Gasteiger partial charge in [-0.15, -0.1) is 0 Å². The van der Waals surface area contributed by atoms with Gasteiger partial charge in [0.05, 0.1) is 6.61 Å². The van der Waals surface area contributed by atoms with Crippen LogP contribution in [0.5, 0.6) is 5.75 Å². The first kappa shape index (κ1) is 17.3. The maximum absolute atomic E-state index is 6.09. The average Bonchev–Trinajstić information content (AvgIpc) is 2.38. The van der Waals surface area contributed by atoms with E-state index in [0.717, 1.165) is 36.8 Å². The zero-order valence-electron chi connectivity index (χ0n) is 13.4. The number of hydrogen-bond donors (Lipinski definition) is 1. The van der Waals surface area contributed by atoms with Gasteiger partial charge in [0.1, 0.15) is 5.75 Å². The third kappa shape index (κ3) is 5.72. The lowest BCUT2D eigenvalue weighted by Gasteiger charge is -2.23. The summed E-state index contributed by atoms with van der Waals surface area (Å²) >= 11 is 6.09. The molecule has 0 radical (unpaired) electrons. The van der Waals surface area contributed by atoms with E-state index in [1.807, 2.05) is 18.2 Å². The van der Waals surface area contributed by atoms with E-state index in [-0.39, 0.29) is 5.41 Å². The molecule has 1 N–H and O–H groups in total. The molecule has 2 nitrogen and oxygen atoms in total. The van der Waals surface area contributed by atoms with Gasteiger partial charge in [0.15, 0.2) is 0 Å². The first-order chi connectivity index (χ1) is 9.34. The molecule has 3 heteroatoms. The molecule has 0 heterocycles. The van der Waals surface area contributed by atoms with Crippen LogP contribution in [0.1, 0.15) is 53.0 Å². The molecule has 0 aliphatic heterocycles. The van der Waals surface area contributed by atoms with Crippen molar-refractivity contribution in [2.45, 2.75) is 58.9 Å². The van der Waals surface area contributed by atoms with Crippen LogP contribution in [0.25, 0.3) is 0 Å². The van der Waals surface area contributed by atoms with Crippen molar-refractivity contribution in [3.8, 4) is 5.75 Å². The molecule has 114 valence electrons. The molecule has 1 aromatic carbocycles. The van der Waals surface area contributed by atoms with Crippen molar-refractivity contribution < 1.29 is 4.74 Å². The second-order valence-corrected chi connectivity index (χ2v) is 6.79. The van der Waals surface area contributed by atoms with Gasteiger partial charge in [-0.2, -0.15) is 0 Å². The molecule has 0 aliphatic rings. The van der Waals surface area contributed by atoms with Gasteiger partial charge in [-0.1, -0.05) is 39.3 Å². The number of hydrogen-bond acceptors (Lipinski definition) is 2. The molecule has 0 bridgehead atoms. The van der Waals surface area contributed by atoms with Crippen molar-refractivity contribution in [1.82, 2.24) is 5.32 Å². The molecule has 0 saturated carbocycles. The molecule has 1 rings (SSSR count). The Morgan fingerprint density at radius 2 is 2.00 bits per heavy atom. The van der Waals surface area contributed by atoms with E-state index in [2.05, 4.69) is 39.9 Å². The second-order valence-electron chi connectivity index (χ2n) is 6.36. The van der Waals surface area contributed by atoms with Crippen molar-refractivity contribution in [3.05, 3.63) is 28.8 Å². The predicted molar refractivity (Wildman–Crippen MR) is 88.0 cm³/mol. The topological polar surface area (TPSA) is 21.3 Å². The molecule has 0 aromatic heterocycles. The molecule has 1 aromatic rings. The van der Waals surface area contributed by atoms with Gasteiger partial charge in [0.2, 0.25) is 0 Å². The molecule has 20 heavy (non-hydrogen) atoms. The summed E-state index contributed by atoms with van der Waals surface area (Å²) in [6.45, 7) is 12.7. The van der Waals surface area contributed by atoms with Crippen LogP contribution in [0, 0.1) is 0 Å². The van der Waals surface area contributed by atoms with Crippen molar-refractivity contribution in [2.75, 3.05) is 13.2 Å². The molecular weight excluding hydrogens is 270 g/mol. The van der Waals surface area contributed by atoms with E-state index >= 15 is 0 Å². The Hall–Kier alpha value is -0.730. The van der Waals surface area contributed by atoms with E-state index in [9.17, 15) is 0 Å². The summed E-state index contributed by atoms with van der Waals surface area (Å²) in [5.74, 6) is 0.949. The van der Waals surface area contributed by atoms with Gasteiger partial charge in [0, 0.05) is 16.6 Å². The lowest BCUT2D eigenvalue weighted by atomic mass is 9.86. The number of ether oxygens (including phenoxy) is 1. The summed E-state index contributed by atoms with van der Waals surface area (Å²) in [6, 6.07) is 6.46. The fourth-order valence-corrected chi connectivity index (χ4v) is 2.13. The van der Waals surface area contributed by atoms with Gasteiger partial charge in [-0.25, -0.2) is 0 Å². The van der Waals surface area contributed by atoms with Crippen molar-refractivity contribution in [2.24, 2.45) is 0 Å². The molecule has 0 saturated heterocycles. The summed E-state index contributed by atoms with van der Waals surface area (Å²) in [4.78, 5) is 0. The second kappa shape index (κ2) is 7.90. The molecule has 0 aliphatic carbocycles. The summed E-state index contributed by atoms with van der Waals surface area (Å²) in [6.07, 6.45) is 2.17. The molecule has 1 atom stereocenters. The molecule has 0 spiro atoms. The van der Waals surface area contributed by atoms with Crippen LogP contribution in [0.3, 0.4) is 0 Å². The average molecular weight is 298 g/mol. The third-order valence-corrected chi connectivity index (χ3v) is 3.67. The minimum Gasteiger partial charge on any atom is -0.493 e. The van der Waals surface area contributed by atoms with E-state index in [1.54, 1.807) is 0 Å². The van der Waals surface area contributed by atoms with Crippen LogP contribution >= 0.6 is 11.6 Å². The summed E-state index contributed by atoms with van der Waals surface area (Å²) in [5.41, 5.74) is 1.20. The van der Waals surface area contributed by atoms with E-state index < -0.39 is 0 Å². The quantitative estimate of drug-likeness (QED) is 0.730. The van der Waals surface area contributed by atoms with Crippen molar-refractivity contribution in [3.63, 3.8) is 0 Å². The normalized spacial score (nSPS) is 13.3. The smallest absolute Gasteiger partial charge is 0.123 e. The van der Waals surface area contributed by atoms with E-state index in [0.29, 0.717) is 6.04 Å². The molecule has 0 fully saturated rings. The van der Waals surface area contributed by atoms with Gasteiger partial charge >= 0.3 is 0 Å². The Morgan fingerprint density at radius 1 is 1.30 bits per heavy atom. The minimum atomic E-state index is 0.0369. The monoisotopic (exact) mass is 297 g/mol. The van der Waals surface area contributed by atoms with Crippen LogP contribution in [-0.4, -0.2) is 19.2 Å². The Bertz CT molecular complexity index is 412. The number of nitrogens with one attached hydrogen (secondary N) is 1. The number of rotatable bonds is 7. The summed E-state index contributed by atoms with van der Waals surface area (Å²) < 4.78 is 5.94. The van der Waals surface area contributed by atoms with Gasteiger partial charge in [-0.05, 0) is 49.9 Å². The third-order valence-electron chi connectivity index (χ3n) is 3.43. The van der Waals surface area contributed by atoms with Crippen LogP contribution in [0.2, 0.25) is 5.02 Å². The zero-order chi connectivity index (χ0) is 15.2. The van der Waals surface area contributed by atoms with Gasteiger partial charge in [0.25, 0.3) is 0 Å². The molecule has 0 amide bonds. The predicted octanol–water partition coefficient (Wildman–Crippen LogP) is 4.79. The minimum absolute atomic E-state index is 0.0369. The molecular formula is C17H28ClNO. The first-order valence-electron chi connectivity index (χ1n) is 7.50. The van der Waals surface area contributed by atoms with Crippen LogP contribution in [0.15, 0.2) is 18.2 Å². The fraction of sp³-hybridized carbons (Fsp3) is 0.647. The SMILES string of the molecule is CC[C@@H](C)NCCCOc1ccc(Cl)cc1C(C)(C)C. The Kier molecular flexibility index (Phi) is 6.84. The molecule has 0 unspecified atom stereocenters. The number of halogens is 1. The highest BCUT2D eigenvalue weighted by atomic mass is 35.5. The summed E-state index contributed by atoms with van der Waals surface area (Å²) in [7, 11) is 0. The Morgan fingerprint density at radius 3 is 2.60 bits per heavy atom. The number of benzene rings is 1. The van der Waals surface area contributed by atoms with Crippen molar-refractivity contribution in [1.29, 1.82) is 0 Å². The standard InChI is InChI=1S/C17H28ClNO/c1-6-13(2)19-10-7-11-20-16-9-8-14(18)12-15(16)17(3,4)5/h8-9,12-13,19H,6-7,10-11H2,1-5H3/t13-/m1/s1. The largest absolute Gasteiger partial charge is 0.493 e.